The molecule has 0 aromatic heterocycles. The Hall–Kier alpha value is -2.18. The van der Waals surface area contributed by atoms with E-state index in [0.717, 1.165) is 57.8 Å². The van der Waals surface area contributed by atoms with Crippen molar-refractivity contribution in [3.63, 3.8) is 0 Å². The first kappa shape index (κ1) is 75.8. The highest BCUT2D eigenvalue weighted by molar-refractivity contribution is 5.76. The minimum Gasteiger partial charge on any atom is -0.466 e. The quantitative estimate of drug-likeness (QED) is 0.0320. The summed E-state index contributed by atoms with van der Waals surface area (Å²) < 4.78 is 5.48. The molecule has 6 heteroatoms. The Balaban J connectivity index is 3.46. The first-order valence-electron chi connectivity index (χ1n) is 34.9. The van der Waals surface area contributed by atoms with Crippen LogP contribution in [0.2, 0.25) is 0 Å². The van der Waals surface area contributed by atoms with Crippen LogP contribution >= 0.6 is 0 Å². The van der Waals surface area contributed by atoms with E-state index in [-0.39, 0.29) is 18.5 Å². The lowest BCUT2D eigenvalue weighted by Crippen LogP contribution is -2.45. The Labute approximate surface area is 486 Å². The monoisotopic (exact) mass is 1090 g/mol. The lowest BCUT2D eigenvalue weighted by Gasteiger charge is -2.20. The van der Waals surface area contributed by atoms with Gasteiger partial charge in [-0.05, 0) is 89.9 Å². The zero-order chi connectivity index (χ0) is 56.4. The Bertz CT molecular complexity index is 1310. The predicted molar refractivity (Wildman–Crippen MR) is 342 cm³/mol. The van der Waals surface area contributed by atoms with Crippen molar-refractivity contribution in [1.82, 2.24) is 5.32 Å². The highest BCUT2D eigenvalue weighted by atomic mass is 16.5. The van der Waals surface area contributed by atoms with Crippen molar-refractivity contribution in [3.8, 4) is 0 Å². The van der Waals surface area contributed by atoms with Crippen molar-refractivity contribution in [3.05, 3.63) is 48.6 Å². The summed E-state index contributed by atoms with van der Waals surface area (Å²) in [6.07, 6.45) is 87.5. The predicted octanol–water partition coefficient (Wildman–Crippen LogP) is 22.5. The second-order valence-corrected chi connectivity index (χ2v) is 23.9. The summed E-state index contributed by atoms with van der Waals surface area (Å²) in [5.74, 6) is -0.0789. The molecule has 0 aliphatic carbocycles. The summed E-state index contributed by atoms with van der Waals surface area (Å²) in [5.41, 5.74) is 0. The summed E-state index contributed by atoms with van der Waals surface area (Å²) in [5, 5.41) is 23.3. The maximum atomic E-state index is 12.5. The summed E-state index contributed by atoms with van der Waals surface area (Å²) in [4.78, 5) is 24.6. The van der Waals surface area contributed by atoms with Crippen molar-refractivity contribution in [2.45, 2.75) is 386 Å². The third kappa shape index (κ3) is 63.0. The molecule has 0 saturated heterocycles. The highest BCUT2D eigenvalue weighted by Crippen LogP contribution is 2.18. The molecule has 0 heterocycles. The number of unbranched alkanes of at least 4 members (excludes halogenated alkanes) is 48. The zero-order valence-corrected chi connectivity index (χ0v) is 52.4. The number of aliphatic hydroxyl groups is 2. The molecule has 2 atom stereocenters. The van der Waals surface area contributed by atoms with Gasteiger partial charge in [-0.15, -0.1) is 0 Å². The minimum absolute atomic E-state index is 0.00616. The third-order valence-corrected chi connectivity index (χ3v) is 16.1. The number of carbonyl (C=O) groups excluding carboxylic acids is 2. The molecule has 0 bridgehead atoms. The fourth-order valence-corrected chi connectivity index (χ4v) is 10.7. The van der Waals surface area contributed by atoms with Crippen LogP contribution in [0.5, 0.6) is 0 Å². The molecule has 6 nitrogen and oxygen atoms in total. The van der Waals surface area contributed by atoms with Gasteiger partial charge in [0.1, 0.15) is 0 Å². The van der Waals surface area contributed by atoms with Gasteiger partial charge in [0, 0.05) is 12.8 Å². The van der Waals surface area contributed by atoms with E-state index in [1.54, 1.807) is 6.08 Å². The summed E-state index contributed by atoms with van der Waals surface area (Å²) in [6, 6.07) is -0.636. The molecular weight excluding hydrogens is 959 g/mol. The molecule has 0 saturated carbocycles. The van der Waals surface area contributed by atoms with Crippen molar-refractivity contribution in [2.24, 2.45) is 0 Å². The number of rotatable bonds is 65. The summed E-state index contributed by atoms with van der Waals surface area (Å²) >= 11 is 0. The van der Waals surface area contributed by atoms with Crippen LogP contribution in [0.4, 0.5) is 0 Å². The number of hydrogen-bond acceptors (Lipinski definition) is 5. The van der Waals surface area contributed by atoms with Crippen LogP contribution in [0.3, 0.4) is 0 Å². The van der Waals surface area contributed by atoms with Crippen LogP contribution in [-0.2, 0) is 14.3 Å². The molecule has 78 heavy (non-hydrogen) atoms. The smallest absolute Gasteiger partial charge is 0.305 e. The van der Waals surface area contributed by atoms with Gasteiger partial charge in [0.25, 0.3) is 0 Å². The van der Waals surface area contributed by atoms with E-state index < -0.39 is 12.1 Å². The summed E-state index contributed by atoms with van der Waals surface area (Å²) in [7, 11) is 0. The van der Waals surface area contributed by atoms with E-state index >= 15 is 0 Å². The van der Waals surface area contributed by atoms with Gasteiger partial charge in [-0.3, -0.25) is 9.59 Å². The van der Waals surface area contributed by atoms with E-state index in [9.17, 15) is 19.8 Å². The maximum absolute atomic E-state index is 12.5. The largest absolute Gasteiger partial charge is 0.466 e. The second-order valence-electron chi connectivity index (χ2n) is 23.9. The highest BCUT2D eigenvalue weighted by Gasteiger charge is 2.18. The van der Waals surface area contributed by atoms with Gasteiger partial charge in [0.2, 0.25) is 5.91 Å². The van der Waals surface area contributed by atoms with Gasteiger partial charge < -0.3 is 20.3 Å². The Morgan fingerprint density at radius 1 is 0.359 bits per heavy atom. The number of nitrogens with one attached hydrogen (secondary N) is 1. The molecule has 1 amide bonds. The lowest BCUT2D eigenvalue weighted by atomic mass is 10.0. The molecule has 0 aromatic rings. The van der Waals surface area contributed by atoms with Crippen molar-refractivity contribution in [2.75, 3.05) is 13.2 Å². The molecule has 2 unspecified atom stereocenters. The average molecular weight is 1090 g/mol. The molecular formula is C72H135NO5. The fourth-order valence-electron chi connectivity index (χ4n) is 10.7. The van der Waals surface area contributed by atoms with E-state index in [2.05, 4.69) is 55.6 Å². The van der Waals surface area contributed by atoms with Crippen molar-refractivity contribution in [1.29, 1.82) is 0 Å². The molecule has 0 rings (SSSR count). The van der Waals surface area contributed by atoms with E-state index in [4.69, 9.17) is 4.74 Å². The van der Waals surface area contributed by atoms with E-state index in [1.807, 2.05) is 6.08 Å². The molecule has 0 radical (unpaired) electrons. The minimum atomic E-state index is -0.852. The Kier molecular flexibility index (Phi) is 65.4. The van der Waals surface area contributed by atoms with Gasteiger partial charge in [0.15, 0.2) is 0 Å². The first-order valence-corrected chi connectivity index (χ1v) is 34.9. The zero-order valence-electron chi connectivity index (χ0n) is 52.4. The molecule has 0 fully saturated rings. The van der Waals surface area contributed by atoms with Crippen molar-refractivity contribution >= 4 is 11.9 Å². The number of aliphatic hydroxyl groups excluding tert-OH is 2. The van der Waals surface area contributed by atoms with E-state index in [1.165, 1.54) is 289 Å². The van der Waals surface area contributed by atoms with Gasteiger partial charge in [-0.2, -0.15) is 0 Å². The number of ether oxygens (including phenoxy) is 1. The van der Waals surface area contributed by atoms with Gasteiger partial charge >= 0.3 is 5.97 Å². The number of carbonyl (C=O) groups is 2. The molecule has 458 valence electrons. The Morgan fingerprint density at radius 2 is 0.641 bits per heavy atom. The number of amides is 1. The molecule has 0 aromatic carbocycles. The SMILES string of the molecule is CCCCC/C=C\C/C=C\CCCCCCCC(=O)OCCCCCCCCCCCC/C=C\CCCCCCCCCC(=O)NC(CO)C(O)/C=C/CCCCCCCCCCCCCCCCCCCCCCCCC. The van der Waals surface area contributed by atoms with Crippen LogP contribution in [-0.4, -0.2) is 47.4 Å². The van der Waals surface area contributed by atoms with Gasteiger partial charge in [0.05, 0.1) is 25.4 Å². The molecule has 0 aliphatic rings. The van der Waals surface area contributed by atoms with Crippen LogP contribution in [0.25, 0.3) is 0 Å². The number of hydrogen-bond donors (Lipinski definition) is 3. The third-order valence-electron chi connectivity index (χ3n) is 16.1. The topological polar surface area (TPSA) is 95.9 Å². The van der Waals surface area contributed by atoms with Crippen LogP contribution in [0, 0.1) is 0 Å². The van der Waals surface area contributed by atoms with Crippen LogP contribution in [0.15, 0.2) is 48.6 Å². The lowest BCUT2D eigenvalue weighted by molar-refractivity contribution is -0.143. The molecule has 0 spiro atoms. The van der Waals surface area contributed by atoms with Gasteiger partial charge in [-0.1, -0.05) is 319 Å². The van der Waals surface area contributed by atoms with Crippen molar-refractivity contribution < 1.29 is 24.5 Å². The Morgan fingerprint density at radius 3 is 1.01 bits per heavy atom. The number of allylic oxidation sites excluding steroid dienone is 7. The van der Waals surface area contributed by atoms with Crippen LogP contribution < -0.4 is 5.32 Å². The second kappa shape index (κ2) is 67.3. The van der Waals surface area contributed by atoms with Crippen LogP contribution in [0.1, 0.15) is 373 Å². The number of esters is 1. The first-order chi connectivity index (χ1) is 38.5. The maximum Gasteiger partial charge on any atom is 0.305 e. The summed E-state index contributed by atoms with van der Waals surface area (Å²) in [6.45, 7) is 4.89. The fraction of sp³-hybridized carbons (Fsp3) is 0.861. The van der Waals surface area contributed by atoms with E-state index in [0.29, 0.717) is 19.4 Å². The standard InChI is InChI=1S/C72H135NO5/c1-3-5-7-9-11-13-15-17-19-20-21-22-23-24-25-27-30-33-37-40-44-48-52-56-60-64-70(75)69(68-74)73-71(76)65-61-57-53-49-45-41-38-34-31-28-26-29-32-35-39-43-47-51-55-59-63-67-78-72(77)66-62-58-54-50-46-42-36-18-16-14-12-10-8-6-4-2/h12,14,18,28,31,36,60,64,69-70,74-75H,3-11,13,15-17,19-27,29-30,32-35,37-59,61-63,65-68H2,1-2H3,(H,73,76)/b14-12-,31-28-,36-18-,64-60+. The molecule has 3 N–H and O–H groups in total. The van der Waals surface area contributed by atoms with Gasteiger partial charge in [-0.25, -0.2) is 0 Å². The molecule has 0 aliphatic heterocycles. The average Bonchev–Trinajstić information content (AvgIpc) is 3.44. The normalized spacial score (nSPS) is 12.8.